The van der Waals surface area contributed by atoms with E-state index in [1.165, 1.54) is 28.9 Å². The van der Waals surface area contributed by atoms with Gasteiger partial charge in [0, 0.05) is 24.1 Å². The van der Waals surface area contributed by atoms with Gasteiger partial charge in [-0.2, -0.15) is 5.10 Å². The number of nitrogens with one attached hydrogen (secondary N) is 1. The summed E-state index contributed by atoms with van der Waals surface area (Å²) in [5, 5.41) is 16.6. The van der Waals surface area contributed by atoms with Crippen LogP contribution in [-0.4, -0.2) is 37.7 Å². The predicted octanol–water partition coefficient (Wildman–Crippen LogP) is 5.04. The second kappa shape index (κ2) is 10.9. The molecule has 4 aromatic rings. The number of pyridine rings is 1. The fourth-order valence-electron chi connectivity index (χ4n) is 3.55. The molecule has 190 valence electrons. The Bertz CT molecular complexity index is 1470. The minimum Gasteiger partial charge on any atom is -0.393 e. The largest absolute Gasteiger partial charge is 0.393 e. The van der Waals surface area contributed by atoms with E-state index >= 15 is 0 Å². The summed E-state index contributed by atoms with van der Waals surface area (Å²) < 4.78 is 29.3. The Balaban J connectivity index is 1.69. The Morgan fingerprint density at radius 2 is 1.84 bits per heavy atom. The molecule has 0 saturated carbocycles. The van der Waals surface area contributed by atoms with Gasteiger partial charge >= 0.3 is 0 Å². The molecule has 0 saturated heterocycles. The van der Waals surface area contributed by atoms with E-state index in [4.69, 9.17) is 17.3 Å². The molecule has 1 unspecified atom stereocenters. The Hall–Kier alpha value is -4.15. The Morgan fingerprint density at radius 1 is 1.11 bits per heavy atom. The normalized spacial score (nSPS) is 11.8. The van der Waals surface area contributed by atoms with Gasteiger partial charge in [-0.1, -0.05) is 35.9 Å². The lowest BCUT2D eigenvalue weighted by molar-refractivity contribution is 0.0943. The number of carbonyl (C=O) groups is 2. The lowest BCUT2D eigenvalue weighted by Gasteiger charge is -2.11. The summed E-state index contributed by atoms with van der Waals surface area (Å²) in [6.45, 7) is 1.58. The number of aliphatic hydroxyl groups excluding tert-OH is 1. The van der Waals surface area contributed by atoms with Gasteiger partial charge in [-0.3, -0.25) is 9.59 Å². The van der Waals surface area contributed by atoms with Gasteiger partial charge in [0.15, 0.2) is 23.2 Å². The van der Waals surface area contributed by atoms with Crippen LogP contribution in [-0.2, 0) is 0 Å². The number of halogens is 3. The molecule has 2 aromatic carbocycles. The van der Waals surface area contributed by atoms with Crippen molar-refractivity contribution >= 4 is 34.9 Å². The third kappa shape index (κ3) is 5.82. The number of hydrogen-bond acceptors (Lipinski definition) is 6. The molecule has 0 aliphatic heterocycles. The van der Waals surface area contributed by atoms with E-state index < -0.39 is 29.5 Å². The molecule has 11 heteroatoms. The Kier molecular flexibility index (Phi) is 7.61. The Morgan fingerprint density at radius 3 is 2.54 bits per heavy atom. The highest BCUT2D eigenvalue weighted by Crippen LogP contribution is 2.29. The molecule has 1 atom stereocenters. The van der Waals surface area contributed by atoms with Gasteiger partial charge in [0.1, 0.15) is 17.2 Å². The van der Waals surface area contributed by atoms with Crippen molar-refractivity contribution < 1.29 is 23.5 Å². The van der Waals surface area contributed by atoms with Gasteiger partial charge in [-0.15, -0.1) is 0 Å². The number of ketones is 1. The van der Waals surface area contributed by atoms with Crippen molar-refractivity contribution in [2.75, 3.05) is 11.1 Å². The molecule has 1 amide bonds. The summed E-state index contributed by atoms with van der Waals surface area (Å²) in [4.78, 5) is 29.6. The topological polar surface area (TPSA) is 123 Å². The van der Waals surface area contributed by atoms with Crippen molar-refractivity contribution in [1.82, 2.24) is 14.8 Å². The van der Waals surface area contributed by atoms with E-state index in [0.29, 0.717) is 11.8 Å². The van der Waals surface area contributed by atoms with Gasteiger partial charge in [-0.05, 0) is 37.6 Å². The summed E-state index contributed by atoms with van der Waals surface area (Å²) in [5.41, 5.74) is 6.06. The van der Waals surface area contributed by atoms with E-state index in [1.807, 2.05) is 0 Å². The fourth-order valence-corrected chi connectivity index (χ4v) is 3.76. The molecule has 0 radical (unpaired) electrons. The van der Waals surface area contributed by atoms with Crippen molar-refractivity contribution in [3.8, 4) is 16.9 Å². The highest BCUT2D eigenvalue weighted by molar-refractivity contribution is 6.34. The van der Waals surface area contributed by atoms with Crippen LogP contribution in [0.1, 0.15) is 40.6 Å². The van der Waals surface area contributed by atoms with Gasteiger partial charge in [0.25, 0.3) is 5.91 Å². The summed E-state index contributed by atoms with van der Waals surface area (Å²) in [6, 6.07) is 15.0. The average molecular weight is 526 g/mol. The monoisotopic (exact) mass is 525 g/mol. The van der Waals surface area contributed by atoms with Crippen LogP contribution in [0, 0.1) is 11.6 Å². The van der Waals surface area contributed by atoms with E-state index in [0.717, 1.165) is 0 Å². The number of nitrogen functional groups attached to an aromatic ring is 1. The molecule has 0 aliphatic rings. The molecule has 2 heterocycles. The minimum absolute atomic E-state index is 0.0222. The number of carbonyl (C=O) groups excluding carboxylic acids is 2. The first-order valence-corrected chi connectivity index (χ1v) is 11.6. The van der Waals surface area contributed by atoms with Gasteiger partial charge < -0.3 is 16.2 Å². The number of hydrogen-bond donors (Lipinski definition) is 3. The molecule has 4 rings (SSSR count). The number of para-hydroxylation sites is 1. The molecule has 0 fully saturated rings. The predicted molar refractivity (Wildman–Crippen MR) is 136 cm³/mol. The molecule has 0 bridgehead atoms. The quantitative estimate of drug-likeness (QED) is 0.277. The van der Waals surface area contributed by atoms with E-state index in [1.54, 1.807) is 37.3 Å². The van der Waals surface area contributed by atoms with E-state index in [-0.39, 0.29) is 52.0 Å². The molecule has 0 aliphatic carbocycles. The first kappa shape index (κ1) is 25.9. The maximum absolute atomic E-state index is 14.4. The van der Waals surface area contributed by atoms with Crippen LogP contribution in [0.5, 0.6) is 0 Å². The Labute approximate surface area is 215 Å². The first-order valence-electron chi connectivity index (χ1n) is 11.2. The SMILES string of the molecule is CC(O)CCC(=O)c1cc(NC(=O)c2cc(-c3nc(N)c(F)cc3F)ccc2Cl)n(-c2ccccc2)n1. The van der Waals surface area contributed by atoms with Crippen LogP contribution in [0.25, 0.3) is 16.9 Å². The number of benzene rings is 2. The molecule has 4 N–H and O–H groups in total. The zero-order valence-corrected chi connectivity index (χ0v) is 20.3. The van der Waals surface area contributed by atoms with Crippen LogP contribution < -0.4 is 11.1 Å². The molecule has 0 spiro atoms. The van der Waals surface area contributed by atoms with Crippen molar-refractivity contribution in [3.63, 3.8) is 0 Å². The highest BCUT2D eigenvalue weighted by Gasteiger charge is 2.21. The maximum atomic E-state index is 14.4. The van der Waals surface area contributed by atoms with E-state index in [9.17, 15) is 23.5 Å². The van der Waals surface area contributed by atoms with Crippen LogP contribution in [0.2, 0.25) is 5.02 Å². The van der Waals surface area contributed by atoms with Gasteiger partial charge in [-0.25, -0.2) is 18.4 Å². The summed E-state index contributed by atoms with van der Waals surface area (Å²) in [6.07, 6.45) is -0.312. The number of aromatic nitrogens is 3. The van der Waals surface area contributed by atoms with Crippen LogP contribution in [0.3, 0.4) is 0 Å². The number of anilines is 2. The maximum Gasteiger partial charge on any atom is 0.258 e. The molecular formula is C26H22ClF2N5O3. The smallest absolute Gasteiger partial charge is 0.258 e. The van der Waals surface area contributed by atoms with Crippen LogP contribution in [0.4, 0.5) is 20.4 Å². The molecule has 8 nitrogen and oxygen atoms in total. The number of aliphatic hydroxyl groups is 1. The van der Waals surface area contributed by atoms with Crippen molar-refractivity contribution in [1.29, 1.82) is 0 Å². The summed E-state index contributed by atoms with van der Waals surface area (Å²) in [7, 11) is 0. The van der Waals surface area contributed by atoms with Gasteiger partial charge in [0.05, 0.1) is 22.4 Å². The van der Waals surface area contributed by atoms with Gasteiger partial charge in [0.2, 0.25) is 0 Å². The lowest BCUT2D eigenvalue weighted by Crippen LogP contribution is -2.16. The number of rotatable bonds is 8. The number of Topliss-reactive ketones (excluding diaryl/α,β-unsaturated/α-hetero) is 1. The highest BCUT2D eigenvalue weighted by atomic mass is 35.5. The zero-order valence-electron chi connectivity index (χ0n) is 19.6. The second-order valence-corrected chi connectivity index (χ2v) is 8.71. The number of nitrogens with two attached hydrogens (primary N) is 1. The van der Waals surface area contributed by atoms with Crippen LogP contribution >= 0.6 is 11.6 Å². The molecule has 2 aromatic heterocycles. The number of amides is 1. The first-order chi connectivity index (χ1) is 17.6. The summed E-state index contributed by atoms with van der Waals surface area (Å²) in [5.74, 6) is -3.22. The zero-order chi connectivity index (χ0) is 26.7. The third-order valence-electron chi connectivity index (χ3n) is 5.47. The van der Waals surface area contributed by atoms with Crippen molar-refractivity contribution in [3.05, 3.63) is 88.6 Å². The van der Waals surface area contributed by atoms with Crippen LogP contribution in [0.15, 0.2) is 60.7 Å². The van der Waals surface area contributed by atoms with Crippen molar-refractivity contribution in [2.45, 2.75) is 25.9 Å². The minimum atomic E-state index is -0.999. The third-order valence-corrected chi connectivity index (χ3v) is 5.80. The lowest BCUT2D eigenvalue weighted by atomic mass is 10.1. The molecule has 37 heavy (non-hydrogen) atoms. The second-order valence-electron chi connectivity index (χ2n) is 8.31. The standard InChI is InChI=1S/C26H22ClF2N5O3/c1-14(35)7-10-22(36)21-13-23(34(33-21)16-5-3-2-4-6-16)31-26(37)17-11-15(8-9-18(17)27)24-19(28)12-20(29)25(30)32-24/h2-6,8-9,11-14,35H,7,10H2,1H3,(H2,30,32)(H,31,37). The summed E-state index contributed by atoms with van der Waals surface area (Å²) >= 11 is 6.26. The fraction of sp³-hybridized carbons (Fsp3) is 0.154. The van der Waals surface area contributed by atoms with E-state index in [2.05, 4.69) is 15.4 Å². The molecular weight excluding hydrogens is 504 g/mol. The van der Waals surface area contributed by atoms with Crippen molar-refractivity contribution in [2.24, 2.45) is 0 Å². The number of nitrogens with zero attached hydrogens (tertiary/aromatic N) is 3. The average Bonchev–Trinajstić information content (AvgIpc) is 3.29.